The van der Waals surface area contributed by atoms with Crippen LogP contribution in [0.5, 0.6) is 0 Å². The van der Waals surface area contributed by atoms with Gasteiger partial charge in [0.15, 0.2) is 0 Å². The second kappa shape index (κ2) is 20.9. The molecule has 0 nitrogen and oxygen atoms in total. The molecule has 338 valence electrons. The minimum absolute atomic E-state index is 0. The average molecular weight is 973 g/mol. The van der Waals surface area contributed by atoms with Gasteiger partial charge in [-0.05, 0) is 0 Å². The Kier molecular flexibility index (Phi) is 17.4. The maximum Gasteiger partial charge on any atom is -1.00 e. The van der Waals surface area contributed by atoms with Crippen LogP contribution >= 0.6 is 0 Å². The third-order valence-corrected chi connectivity index (χ3v) is 22.0. The Balaban J connectivity index is 0.00000308. The summed E-state index contributed by atoms with van der Waals surface area (Å²) in [7, 11) is -3.37. The Morgan fingerprint density at radius 2 is 0.677 bits per heavy atom. The molecule has 6 aromatic carbocycles. The number of hydrogen-bond acceptors (Lipinski definition) is 0. The quantitative estimate of drug-likeness (QED) is 0.137. The van der Waals surface area contributed by atoms with Gasteiger partial charge in [-0.25, -0.2) is 0 Å². The summed E-state index contributed by atoms with van der Waals surface area (Å²) >= 11 is 2.50. The molecule has 0 saturated carbocycles. The van der Waals surface area contributed by atoms with Crippen molar-refractivity contribution in [3.63, 3.8) is 0 Å². The van der Waals surface area contributed by atoms with Gasteiger partial charge in [0.2, 0.25) is 0 Å². The molecule has 0 spiro atoms. The molecular weight excluding hydrogens is 903 g/mol. The number of hydrogen-bond donors (Lipinski definition) is 0. The van der Waals surface area contributed by atoms with Crippen LogP contribution in [0.15, 0.2) is 166 Å². The summed E-state index contributed by atoms with van der Waals surface area (Å²) in [6.07, 6.45) is 2.62. The van der Waals surface area contributed by atoms with E-state index in [1.165, 1.54) is 70.7 Å². The zero-order chi connectivity index (χ0) is 44.8. The van der Waals surface area contributed by atoms with E-state index >= 15 is 0 Å². The summed E-state index contributed by atoms with van der Waals surface area (Å²) in [6.45, 7) is 31.8. The second-order valence-electron chi connectivity index (χ2n) is 21.4. The molecule has 0 fully saturated rings. The topological polar surface area (TPSA) is 0 Å². The first-order chi connectivity index (χ1) is 29.2. The van der Waals surface area contributed by atoms with Gasteiger partial charge >= 0.3 is 391 Å². The Bertz CT molecular complexity index is 2370. The number of halogens is 3. The largest absolute Gasteiger partial charge is 1.00 e. The molecule has 7 rings (SSSR count). The van der Waals surface area contributed by atoms with Crippen molar-refractivity contribution in [2.45, 2.75) is 131 Å². The number of rotatable bonds is 10. The predicted octanol–water partition coefficient (Wildman–Crippen LogP) is 4.76. The van der Waals surface area contributed by atoms with Gasteiger partial charge < -0.3 is 37.2 Å². The van der Waals surface area contributed by atoms with Crippen LogP contribution in [0.25, 0.3) is 0 Å². The van der Waals surface area contributed by atoms with Crippen LogP contribution in [0, 0.1) is 0 Å². The monoisotopic (exact) mass is 970 g/mol. The van der Waals surface area contributed by atoms with Crippen molar-refractivity contribution >= 4 is 23.6 Å². The fourth-order valence-electron chi connectivity index (χ4n) is 11.0. The van der Waals surface area contributed by atoms with E-state index < -0.39 is 8.07 Å². The Morgan fingerprint density at radius 1 is 0.400 bits per heavy atom. The van der Waals surface area contributed by atoms with Gasteiger partial charge in [-0.3, -0.25) is 0 Å². The molecule has 1 unspecified atom stereocenters. The van der Waals surface area contributed by atoms with Gasteiger partial charge in [0, 0.05) is 0 Å². The second-order valence-corrected chi connectivity index (χ2v) is 26.3. The summed E-state index contributed by atoms with van der Waals surface area (Å²) in [4.78, 5) is 0. The van der Waals surface area contributed by atoms with E-state index in [0.717, 1.165) is 19.3 Å². The van der Waals surface area contributed by atoms with Crippen molar-refractivity contribution in [2.75, 3.05) is 0 Å². The molecule has 1 aliphatic carbocycles. The third kappa shape index (κ3) is 10.1. The van der Waals surface area contributed by atoms with Crippen LogP contribution in [-0.4, -0.2) is 8.07 Å². The molecule has 0 radical (unpaired) electrons. The van der Waals surface area contributed by atoms with E-state index in [1.54, 1.807) is 15.6 Å². The molecule has 6 aromatic rings. The molecule has 1 aliphatic rings. The van der Waals surface area contributed by atoms with Crippen LogP contribution < -0.4 is 52.8 Å². The van der Waals surface area contributed by atoms with Crippen molar-refractivity contribution in [2.24, 2.45) is 0 Å². The summed E-state index contributed by atoms with van der Waals surface area (Å²) in [5.41, 5.74) is 17.1. The van der Waals surface area contributed by atoms with Crippen molar-refractivity contribution in [3.05, 3.63) is 216 Å². The van der Waals surface area contributed by atoms with Crippen molar-refractivity contribution in [3.8, 4) is 0 Å². The molecule has 0 saturated heterocycles. The molecule has 1 atom stereocenters. The molecule has 0 aromatic heterocycles. The Hall–Kier alpha value is -3.40. The van der Waals surface area contributed by atoms with Crippen molar-refractivity contribution in [1.82, 2.24) is 0 Å². The van der Waals surface area contributed by atoms with Gasteiger partial charge in [-0.2, -0.15) is 0 Å². The average Bonchev–Trinajstić information content (AvgIpc) is 3.37. The first kappa shape index (κ1) is 54.2. The van der Waals surface area contributed by atoms with E-state index in [-0.39, 0.29) is 58.5 Å². The molecule has 5 heteroatoms. The normalized spacial score (nSPS) is 15.6. The standard InChI is InChI=1S/C60H69Si.3ClH.Ti/c1-42-41-60(13,44(3)43(42)2)61(54-35-23-32-51(57(4,5)6)48(54)38-45-26-17-14-18-27-45,55-36-24-33-52(58(7,8)9)49(55)39-46-28-19-15-20-29-46)56-37-25-34-53(59(10,11)12)50(56)40-47-30-21-16-22-31-47;;;;/h14-37H,38-40H2,1-13H3;3*1H;/q;;;;+3/p-3. The summed E-state index contributed by atoms with van der Waals surface area (Å²) < 4.78 is 1.52. The molecule has 0 heterocycles. The van der Waals surface area contributed by atoms with Gasteiger partial charge in [0.25, 0.3) is 0 Å². The van der Waals surface area contributed by atoms with E-state index in [0.29, 0.717) is 0 Å². The van der Waals surface area contributed by atoms with Gasteiger partial charge in [-0.15, -0.1) is 0 Å². The minimum atomic E-state index is -3.37. The van der Waals surface area contributed by atoms with E-state index in [1.807, 2.05) is 0 Å². The third-order valence-electron chi connectivity index (χ3n) is 14.3. The first-order valence-corrected chi connectivity index (χ1v) is 25.6. The smallest absolute Gasteiger partial charge is 1.00 e. The molecule has 0 N–H and O–H groups in total. The molecular formula is C60H69Cl3SiTi. The maximum absolute atomic E-state index is 3.37. The van der Waals surface area contributed by atoms with Crippen LogP contribution in [0.1, 0.15) is 140 Å². The minimum Gasteiger partial charge on any atom is -1.00 e. The van der Waals surface area contributed by atoms with Gasteiger partial charge in [-0.1, -0.05) is 0 Å². The summed E-state index contributed by atoms with van der Waals surface area (Å²) in [5, 5.41) is 4.35. The number of allylic oxidation sites excluding steroid dienone is 4. The van der Waals surface area contributed by atoms with Crippen molar-refractivity contribution < 1.29 is 57.7 Å². The van der Waals surface area contributed by atoms with E-state index in [4.69, 9.17) is 0 Å². The Labute approximate surface area is 424 Å². The zero-order valence-corrected chi connectivity index (χ0v) is 45.9. The maximum atomic E-state index is 2.69. The fraction of sp³-hybridized carbons (Fsp3) is 0.333. The van der Waals surface area contributed by atoms with E-state index in [2.05, 4.69) is 256 Å². The molecule has 0 aliphatic heterocycles. The molecule has 0 bridgehead atoms. The fourth-order valence-corrected chi connectivity index (χ4v) is 19.3. The summed E-state index contributed by atoms with van der Waals surface area (Å²) in [6, 6.07) is 56.3. The van der Waals surface area contributed by atoms with Crippen LogP contribution in [0.2, 0.25) is 5.04 Å². The molecule has 0 amide bonds. The number of benzene rings is 6. The van der Waals surface area contributed by atoms with Crippen LogP contribution in [-0.2, 0) is 55.9 Å². The summed E-state index contributed by atoms with van der Waals surface area (Å²) in [5.74, 6) is 0. The van der Waals surface area contributed by atoms with E-state index in [9.17, 15) is 0 Å². The molecule has 65 heavy (non-hydrogen) atoms. The zero-order valence-electron chi connectivity index (χ0n) is 41.1. The van der Waals surface area contributed by atoms with Crippen LogP contribution in [0.3, 0.4) is 0 Å². The first-order valence-electron chi connectivity index (χ1n) is 22.8. The van der Waals surface area contributed by atoms with Gasteiger partial charge in [0.05, 0.1) is 0 Å². The van der Waals surface area contributed by atoms with Crippen molar-refractivity contribution in [1.29, 1.82) is 0 Å². The Morgan fingerprint density at radius 3 is 0.908 bits per heavy atom. The SMILES string of the molecule is CC1=C(C)C(C)([Si](c2cccc(C(C)(C)C)c2Cc2ccccc2)(c2cccc(C(C)(C)C)c2Cc2ccccc2)c2cccc(C(C)(C)C)c2Cc2ccccc2)[C]([Ti+3])=C1C.[Cl-].[Cl-].[Cl-]. The predicted molar refractivity (Wildman–Crippen MR) is 267 cm³/mol. The van der Waals surface area contributed by atoms with Gasteiger partial charge in [0.1, 0.15) is 0 Å². The van der Waals surface area contributed by atoms with Crippen LogP contribution in [0.4, 0.5) is 0 Å².